The molecule has 2 fully saturated rings. The van der Waals surface area contributed by atoms with E-state index in [2.05, 4.69) is 11.7 Å². The fourth-order valence-corrected chi connectivity index (χ4v) is 3.66. The minimum Gasteiger partial charge on any atom is -0.338 e. The number of hydrogen-bond donors (Lipinski definition) is 0. The quantitative estimate of drug-likeness (QED) is 0.788. The molecule has 3 heterocycles. The minimum atomic E-state index is -0.0724. The zero-order chi connectivity index (χ0) is 15.7. The van der Waals surface area contributed by atoms with Crippen molar-refractivity contribution in [3.05, 3.63) is 30.6 Å². The van der Waals surface area contributed by atoms with Crippen molar-refractivity contribution >= 4 is 11.8 Å². The van der Waals surface area contributed by atoms with Gasteiger partial charge in [0.25, 0.3) is 5.91 Å². The third-order valence-electron chi connectivity index (χ3n) is 4.92. The molecule has 2 aliphatic rings. The highest BCUT2D eigenvalue weighted by atomic mass is 16.2. The first-order valence-corrected chi connectivity index (χ1v) is 7.75. The molecule has 0 N–H and O–H groups in total. The summed E-state index contributed by atoms with van der Waals surface area (Å²) in [5.41, 5.74) is 0.556. The standard InChI is InChI=1S/C16H22N4O2/c1-3-8-20-14(21)4-5-16(20)6-9-19(10-7-16)15(22)13-11-17-18(2)12-13/h3,11-12H,1,4-10H2,2H3. The molecule has 0 unspecified atom stereocenters. The average molecular weight is 302 g/mol. The van der Waals surface area contributed by atoms with Crippen LogP contribution in [0.5, 0.6) is 0 Å². The van der Waals surface area contributed by atoms with Crippen LogP contribution in [-0.4, -0.2) is 56.6 Å². The van der Waals surface area contributed by atoms with Crippen LogP contribution < -0.4 is 0 Å². The lowest BCUT2D eigenvalue weighted by molar-refractivity contribution is -0.131. The maximum atomic E-state index is 12.5. The number of carbonyl (C=O) groups is 2. The first-order valence-electron chi connectivity index (χ1n) is 7.75. The smallest absolute Gasteiger partial charge is 0.257 e. The Bertz CT molecular complexity index is 599. The number of rotatable bonds is 3. The number of likely N-dealkylation sites (tertiary alicyclic amines) is 2. The van der Waals surface area contributed by atoms with Gasteiger partial charge in [0.05, 0.1) is 11.8 Å². The lowest BCUT2D eigenvalue weighted by Gasteiger charge is -2.44. The van der Waals surface area contributed by atoms with E-state index in [-0.39, 0.29) is 17.4 Å². The Kier molecular flexibility index (Phi) is 3.76. The Morgan fingerprint density at radius 1 is 1.41 bits per heavy atom. The predicted octanol–water partition coefficient (Wildman–Crippen LogP) is 1.20. The van der Waals surface area contributed by atoms with Gasteiger partial charge in [0.2, 0.25) is 5.91 Å². The number of hydrogen-bond acceptors (Lipinski definition) is 3. The molecule has 118 valence electrons. The lowest BCUT2D eigenvalue weighted by atomic mass is 9.84. The first-order chi connectivity index (χ1) is 10.6. The molecule has 2 saturated heterocycles. The fraction of sp³-hybridized carbons (Fsp3) is 0.562. The van der Waals surface area contributed by atoms with Gasteiger partial charge in [0, 0.05) is 44.8 Å². The second-order valence-corrected chi connectivity index (χ2v) is 6.21. The van der Waals surface area contributed by atoms with E-state index in [1.807, 2.05) is 9.80 Å². The van der Waals surface area contributed by atoms with E-state index in [9.17, 15) is 9.59 Å². The van der Waals surface area contributed by atoms with Gasteiger partial charge in [-0.25, -0.2) is 0 Å². The van der Waals surface area contributed by atoms with Crippen LogP contribution in [-0.2, 0) is 11.8 Å². The Hall–Kier alpha value is -2.11. The Balaban J connectivity index is 1.68. The average Bonchev–Trinajstić information content (AvgIpc) is 3.07. The van der Waals surface area contributed by atoms with Gasteiger partial charge < -0.3 is 9.80 Å². The van der Waals surface area contributed by atoms with Crippen LogP contribution in [0, 0.1) is 0 Å². The highest BCUT2D eigenvalue weighted by Crippen LogP contribution is 2.39. The molecule has 2 amide bonds. The van der Waals surface area contributed by atoms with Crippen LogP contribution in [0.2, 0.25) is 0 Å². The molecule has 1 spiro atoms. The van der Waals surface area contributed by atoms with Gasteiger partial charge in [-0.2, -0.15) is 5.10 Å². The lowest BCUT2D eigenvalue weighted by Crippen LogP contribution is -2.54. The Morgan fingerprint density at radius 2 is 2.14 bits per heavy atom. The van der Waals surface area contributed by atoms with Crippen molar-refractivity contribution in [2.75, 3.05) is 19.6 Å². The topological polar surface area (TPSA) is 58.4 Å². The normalized spacial score (nSPS) is 20.7. The van der Waals surface area contributed by atoms with Crippen LogP contribution in [0.3, 0.4) is 0 Å². The van der Waals surface area contributed by atoms with Crippen molar-refractivity contribution in [3.63, 3.8) is 0 Å². The van der Waals surface area contributed by atoms with E-state index >= 15 is 0 Å². The molecular formula is C16H22N4O2. The van der Waals surface area contributed by atoms with Crippen molar-refractivity contribution < 1.29 is 9.59 Å². The zero-order valence-corrected chi connectivity index (χ0v) is 13.0. The van der Waals surface area contributed by atoms with E-state index in [1.165, 1.54) is 0 Å². The van der Waals surface area contributed by atoms with Gasteiger partial charge in [-0.05, 0) is 19.3 Å². The van der Waals surface area contributed by atoms with Crippen molar-refractivity contribution in [2.24, 2.45) is 7.05 Å². The summed E-state index contributed by atoms with van der Waals surface area (Å²) in [6.07, 6.45) is 8.35. The summed E-state index contributed by atoms with van der Waals surface area (Å²) in [7, 11) is 1.80. The number of aromatic nitrogens is 2. The van der Waals surface area contributed by atoms with Gasteiger partial charge in [0.15, 0.2) is 0 Å². The molecule has 3 rings (SSSR count). The van der Waals surface area contributed by atoms with Crippen LogP contribution in [0.25, 0.3) is 0 Å². The van der Waals surface area contributed by atoms with E-state index in [4.69, 9.17) is 0 Å². The van der Waals surface area contributed by atoms with Crippen LogP contribution >= 0.6 is 0 Å². The summed E-state index contributed by atoms with van der Waals surface area (Å²) in [5.74, 6) is 0.245. The van der Waals surface area contributed by atoms with Crippen LogP contribution in [0.1, 0.15) is 36.0 Å². The van der Waals surface area contributed by atoms with Crippen molar-refractivity contribution in [1.29, 1.82) is 0 Å². The number of aryl methyl sites for hydroxylation is 1. The number of carbonyl (C=O) groups excluding carboxylic acids is 2. The van der Waals surface area contributed by atoms with Crippen molar-refractivity contribution in [1.82, 2.24) is 19.6 Å². The van der Waals surface area contributed by atoms with E-state index in [0.29, 0.717) is 31.6 Å². The molecule has 22 heavy (non-hydrogen) atoms. The van der Waals surface area contributed by atoms with E-state index in [0.717, 1.165) is 19.3 Å². The molecule has 0 saturated carbocycles. The monoisotopic (exact) mass is 302 g/mol. The summed E-state index contributed by atoms with van der Waals surface area (Å²) in [4.78, 5) is 28.4. The number of amides is 2. The third-order valence-corrected chi connectivity index (χ3v) is 4.92. The van der Waals surface area contributed by atoms with Crippen LogP contribution in [0.4, 0.5) is 0 Å². The molecular weight excluding hydrogens is 280 g/mol. The molecule has 6 nitrogen and oxygen atoms in total. The largest absolute Gasteiger partial charge is 0.338 e. The molecule has 0 aromatic carbocycles. The predicted molar refractivity (Wildman–Crippen MR) is 82.2 cm³/mol. The second-order valence-electron chi connectivity index (χ2n) is 6.21. The number of nitrogens with zero attached hydrogens (tertiary/aromatic N) is 4. The van der Waals surface area contributed by atoms with E-state index in [1.54, 1.807) is 30.2 Å². The third kappa shape index (κ3) is 2.42. The first kappa shape index (κ1) is 14.8. The summed E-state index contributed by atoms with van der Waals surface area (Å²) in [5, 5.41) is 4.06. The van der Waals surface area contributed by atoms with Gasteiger partial charge in [-0.3, -0.25) is 14.3 Å². The highest BCUT2D eigenvalue weighted by molar-refractivity contribution is 5.93. The molecule has 0 radical (unpaired) electrons. The van der Waals surface area contributed by atoms with E-state index < -0.39 is 0 Å². The fourth-order valence-electron chi connectivity index (χ4n) is 3.66. The van der Waals surface area contributed by atoms with Crippen molar-refractivity contribution in [2.45, 2.75) is 31.2 Å². The SMILES string of the molecule is C=CCN1C(=O)CCC12CCN(C(=O)c1cnn(C)c1)CC2. The molecule has 0 bridgehead atoms. The molecule has 6 heteroatoms. The Morgan fingerprint density at radius 3 is 2.73 bits per heavy atom. The van der Waals surface area contributed by atoms with Crippen LogP contribution in [0.15, 0.2) is 25.0 Å². The Labute approximate surface area is 130 Å². The van der Waals surface area contributed by atoms with Gasteiger partial charge in [-0.1, -0.05) is 6.08 Å². The van der Waals surface area contributed by atoms with Gasteiger partial charge in [0.1, 0.15) is 0 Å². The second kappa shape index (κ2) is 5.59. The molecule has 0 atom stereocenters. The summed E-state index contributed by atoms with van der Waals surface area (Å²) < 4.78 is 1.64. The van der Waals surface area contributed by atoms with Crippen molar-refractivity contribution in [3.8, 4) is 0 Å². The molecule has 2 aliphatic heterocycles. The zero-order valence-electron chi connectivity index (χ0n) is 13.0. The summed E-state index contributed by atoms with van der Waals surface area (Å²) in [6, 6.07) is 0. The maximum Gasteiger partial charge on any atom is 0.257 e. The summed E-state index contributed by atoms with van der Waals surface area (Å²) in [6.45, 7) is 5.74. The molecule has 1 aromatic rings. The highest BCUT2D eigenvalue weighted by Gasteiger charge is 2.46. The number of piperidine rings is 1. The van der Waals surface area contributed by atoms with Gasteiger partial charge in [-0.15, -0.1) is 6.58 Å². The molecule has 1 aromatic heterocycles. The maximum absolute atomic E-state index is 12.5. The van der Waals surface area contributed by atoms with Gasteiger partial charge >= 0.3 is 0 Å². The molecule has 0 aliphatic carbocycles. The minimum absolute atomic E-state index is 0.0301. The summed E-state index contributed by atoms with van der Waals surface area (Å²) >= 11 is 0.